The lowest BCUT2D eigenvalue weighted by Crippen LogP contribution is -2.00. The molecular formula is C18H15Cl2NO2. The van der Waals surface area contributed by atoms with Crippen molar-refractivity contribution in [1.29, 1.82) is 0 Å². The predicted octanol–water partition coefficient (Wildman–Crippen LogP) is 4.66. The van der Waals surface area contributed by atoms with Crippen molar-refractivity contribution in [2.45, 2.75) is 13.5 Å². The number of benzene rings is 2. The van der Waals surface area contributed by atoms with Crippen molar-refractivity contribution in [3.05, 3.63) is 47.5 Å². The second-order valence-electron chi connectivity index (χ2n) is 5.32. The third-order valence-corrected chi connectivity index (χ3v) is 4.55. The summed E-state index contributed by atoms with van der Waals surface area (Å²) in [6.45, 7) is 2.86. The van der Waals surface area contributed by atoms with Crippen molar-refractivity contribution in [1.82, 2.24) is 4.57 Å². The molecule has 3 rings (SSSR count). The molecule has 3 aromatic rings. The van der Waals surface area contributed by atoms with Crippen molar-refractivity contribution in [2.24, 2.45) is 0 Å². The number of Topliss-reactive ketones (excluding diaryl/α,β-unsaturated/α-hetero) is 2. The quantitative estimate of drug-likeness (QED) is 0.497. The van der Waals surface area contributed by atoms with Crippen molar-refractivity contribution < 1.29 is 9.59 Å². The van der Waals surface area contributed by atoms with Gasteiger partial charge in [-0.1, -0.05) is 0 Å². The van der Waals surface area contributed by atoms with Gasteiger partial charge in [-0.15, -0.1) is 23.2 Å². The summed E-state index contributed by atoms with van der Waals surface area (Å²) in [6, 6.07) is 11.2. The fraction of sp³-hybridized carbons (Fsp3) is 0.222. The molecule has 0 amide bonds. The summed E-state index contributed by atoms with van der Waals surface area (Å²) in [5.41, 5.74) is 3.22. The number of rotatable bonds is 5. The first-order valence-electron chi connectivity index (χ1n) is 7.35. The SMILES string of the molecule is CCn1c2ccc(C(=O)CCl)cc2c2cc(C(=O)CCl)ccc21. The van der Waals surface area contributed by atoms with E-state index in [-0.39, 0.29) is 23.3 Å². The number of aryl methyl sites for hydroxylation is 1. The van der Waals surface area contributed by atoms with Crippen molar-refractivity contribution in [3.63, 3.8) is 0 Å². The van der Waals surface area contributed by atoms with Crippen molar-refractivity contribution in [2.75, 3.05) is 11.8 Å². The smallest absolute Gasteiger partial charge is 0.177 e. The maximum atomic E-state index is 11.9. The van der Waals surface area contributed by atoms with Crippen LogP contribution in [0.15, 0.2) is 36.4 Å². The van der Waals surface area contributed by atoms with Gasteiger partial charge in [0.15, 0.2) is 11.6 Å². The zero-order valence-electron chi connectivity index (χ0n) is 12.6. The van der Waals surface area contributed by atoms with E-state index >= 15 is 0 Å². The van der Waals surface area contributed by atoms with Crippen LogP contribution in [-0.2, 0) is 6.54 Å². The molecule has 0 N–H and O–H groups in total. The van der Waals surface area contributed by atoms with Gasteiger partial charge in [-0.25, -0.2) is 0 Å². The van der Waals surface area contributed by atoms with Crippen LogP contribution in [0.1, 0.15) is 27.6 Å². The molecule has 3 nitrogen and oxygen atoms in total. The van der Waals surface area contributed by atoms with Gasteiger partial charge in [0, 0.05) is 39.5 Å². The van der Waals surface area contributed by atoms with Gasteiger partial charge in [0.1, 0.15) is 0 Å². The summed E-state index contributed by atoms with van der Waals surface area (Å²) < 4.78 is 2.16. The number of carbonyl (C=O) groups is 2. The molecule has 0 saturated carbocycles. The van der Waals surface area contributed by atoms with E-state index in [0.717, 1.165) is 28.4 Å². The van der Waals surface area contributed by atoms with Crippen LogP contribution in [0.3, 0.4) is 0 Å². The van der Waals surface area contributed by atoms with E-state index in [2.05, 4.69) is 11.5 Å². The van der Waals surface area contributed by atoms with E-state index in [1.165, 1.54) is 0 Å². The van der Waals surface area contributed by atoms with Gasteiger partial charge in [0.05, 0.1) is 11.8 Å². The Morgan fingerprint density at radius 2 is 1.30 bits per heavy atom. The Hall–Kier alpha value is -1.84. The van der Waals surface area contributed by atoms with E-state index in [9.17, 15) is 9.59 Å². The lowest BCUT2D eigenvalue weighted by Gasteiger charge is -2.03. The number of fused-ring (bicyclic) bond motifs is 3. The van der Waals surface area contributed by atoms with Crippen LogP contribution in [-0.4, -0.2) is 27.9 Å². The first kappa shape index (κ1) is 16.0. The van der Waals surface area contributed by atoms with Gasteiger partial charge in [0.25, 0.3) is 0 Å². The molecule has 0 atom stereocenters. The van der Waals surface area contributed by atoms with Gasteiger partial charge in [-0.3, -0.25) is 9.59 Å². The Bertz CT molecular complexity index is 854. The normalized spacial score (nSPS) is 11.3. The lowest BCUT2D eigenvalue weighted by molar-refractivity contribution is 0.101. The van der Waals surface area contributed by atoms with Gasteiger partial charge in [-0.05, 0) is 43.3 Å². The van der Waals surface area contributed by atoms with Gasteiger partial charge >= 0.3 is 0 Å². The summed E-state index contributed by atoms with van der Waals surface area (Å²) in [5.74, 6) is -0.320. The molecule has 0 saturated heterocycles. The number of halogens is 2. The van der Waals surface area contributed by atoms with Gasteiger partial charge in [0.2, 0.25) is 0 Å². The minimum absolute atomic E-state index is 0.0477. The number of alkyl halides is 2. The van der Waals surface area contributed by atoms with Crippen LogP contribution in [0, 0.1) is 0 Å². The number of hydrogen-bond acceptors (Lipinski definition) is 2. The summed E-state index contributed by atoms with van der Waals surface area (Å²) in [7, 11) is 0. The summed E-state index contributed by atoms with van der Waals surface area (Å²) >= 11 is 11.3. The summed E-state index contributed by atoms with van der Waals surface area (Å²) in [4.78, 5) is 23.8. The van der Waals surface area contributed by atoms with Crippen LogP contribution in [0.25, 0.3) is 21.8 Å². The molecular weight excluding hydrogens is 333 g/mol. The highest BCUT2D eigenvalue weighted by Crippen LogP contribution is 2.31. The minimum Gasteiger partial charge on any atom is -0.341 e. The topological polar surface area (TPSA) is 39.1 Å². The van der Waals surface area contributed by atoms with Crippen LogP contribution < -0.4 is 0 Å². The number of nitrogens with zero attached hydrogens (tertiary/aromatic N) is 1. The van der Waals surface area contributed by atoms with Crippen LogP contribution >= 0.6 is 23.2 Å². The maximum absolute atomic E-state index is 11.9. The monoisotopic (exact) mass is 347 g/mol. The second-order valence-corrected chi connectivity index (χ2v) is 5.86. The van der Waals surface area contributed by atoms with E-state index in [1.807, 2.05) is 24.3 Å². The highest BCUT2D eigenvalue weighted by Gasteiger charge is 2.14. The lowest BCUT2D eigenvalue weighted by atomic mass is 10.0. The molecule has 0 spiro atoms. The summed E-state index contributed by atoms with van der Waals surface area (Å²) in [5, 5.41) is 1.89. The Labute approximate surface area is 143 Å². The van der Waals surface area contributed by atoms with E-state index in [1.54, 1.807) is 12.1 Å². The molecule has 0 aliphatic heterocycles. The fourth-order valence-corrected chi connectivity index (χ4v) is 3.25. The van der Waals surface area contributed by atoms with Crippen molar-refractivity contribution >= 4 is 56.6 Å². The Morgan fingerprint density at radius 3 is 1.65 bits per heavy atom. The summed E-state index contributed by atoms with van der Waals surface area (Å²) in [6.07, 6.45) is 0. The molecule has 5 heteroatoms. The van der Waals surface area contributed by atoms with Crippen molar-refractivity contribution in [3.8, 4) is 0 Å². The fourth-order valence-electron chi connectivity index (χ4n) is 2.95. The van der Waals surface area contributed by atoms with E-state index in [4.69, 9.17) is 23.2 Å². The number of ketones is 2. The van der Waals surface area contributed by atoms with Crippen LogP contribution in [0.2, 0.25) is 0 Å². The zero-order chi connectivity index (χ0) is 16.6. The van der Waals surface area contributed by atoms with Crippen LogP contribution in [0.4, 0.5) is 0 Å². The molecule has 0 aliphatic rings. The highest BCUT2D eigenvalue weighted by molar-refractivity contribution is 6.31. The number of aromatic nitrogens is 1. The molecule has 1 aromatic heterocycles. The van der Waals surface area contributed by atoms with Gasteiger partial charge < -0.3 is 4.57 Å². The Morgan fingerprint density at radius 1 is 0.870 bits per heavy atom. The molecule has 2 aromatic carbocycles. The standard InChI is InChI=1S/C18H15Cl2NO2/c1-2-21-15-5-3-11(17(22)9-19)7-13(15)14-8-12(18(23)10-20)4-6-16(14)21/h3-8H,2,9-10H2,1H3. The predicted molar refractivity (Wildman–Crippen MR) is 95.2 cm³/mol. The van der Waals surface area contributed by atoms with Crippen LogP contribution in [0.5, 0.6) is 0 Å². The molecule has 0 unspecified atom stereocenters. The number of carbonyl (C=O) groups excluding carboxylic acids is 2. The average Bonchev–Trinajstić information content (AvgIpc) is 2.92. The van der Waals surface area contributed by atoms with Gasteiger partial charge in [-0.2, -0.15) is 0 Å². The Balaban J connectivity index is 2.35. The molecule has 0 bridgehead atoms. The molecule has 0 aliphatic carbocycles. The molecule has 23 heavy (non-hydrogen) atoms. The second kappa shape index (κ2) is 6.34. The zero-order valence-corrected chi connectivity index (χ0v) is 14.1. The van der Waals surface area contributed by atoms with E-state index < -0.39 is 0 Å². The third-order valence-electron chi connectivity index (χ3n) is 4.07. The first-order chi connectivity index (χ1) is 11.1. The minimum atomic E-state index is -0.112. The molecule has 118 valence electrons. The third kappa shape index (κ3) is 2.64. The Kier molecular flexibility index (Phi) is 4.42. The highest BCUT2D eigenvalue weighted by atomic mass is 35.5. The number of hydrogen-bond donors (Lipinski definition) is 0. The van der Waals surface area contributed by atoms with E-state index in [0.29, 0.717) is 11.1 Å². The largest absolute Gasteiger partial charge is 0.341 e. The molecule has 0 radical (unpaired) electrons. The molecule has 1 heterocycles. The average molecular weight is 348 g/mol. The molecule has 0 fully saturated rings. The maximum Gasteiger partial charge on any atom is 0.177 e. The first-order valence-corrected chi connectivity index (χ1v) is 8.42.